The number of carbonyl (C=O) groups is 1. The lowest BCUT2D eigenvalue weighted by Gasteiger charge is -2.52. The molecular weight excluding hydrogens is 260 g/mol. The Labute approximate surface area is 118 Å². The molecule has 1 unspecified atom stereocenters. The van der Waals surface area contributed by atoms with Gasteiger partial charge < -0.3 is 19.7 Å². The van der Waals surface area contributed by atoms with Gasteiger partial charge in [-0.05, 0) is 12.3 Å². The largest absolute Gasteiger partial charge is 0.465 e. The lowest BCUT2D eigenvalue weighted by atomic mass is 9.49. The van der Waals surface area contributed by atoms with Gasteiger partial charge in [-0.3, -0.25) is 4.79 Å². The van der Waals surface area contributed by atoms with E-state index in [9.17, 15) is 15.0 Å². The van der Waals surface area contributed by atoms with Crippen molar-refractivity contribution >= 4 is 5.97 Å². The highest BCUT2D eigenvalue weighted by Crippen LogP contribution is 2.78. The van der Waals surface area contributed by atoms with Crippen molar-refractivity contribution in [1.29, 1.82) is 0 Å². The Morgan fingerprint density at radius 3 is 2.75 bits per heavy atom. The van der Waals surface area contributed by atoms with Crippen molar-refractivity contribution in [3.8, 4) is 0 Å². The van der Waals surface area contributed by atoms with Crippen molar-refractivity contribution in [1.82, 2.24) is 0 Å². The molecule has 0 radical (unpaired) electrons. The third-order valence-corrected chi connectivity index (χ3v) is 7.11. The normalized spacial score (nSPS) is 64.0. The molecule has 2 bridgehead atoms. The molecule has 4 fully saturated rings. The Kier molecular flexibility index (Phi) is 2.11. The second-order valence-electron chi connectivity index (χ2n) is 7.64. The fourth-order valence-electron chi connectivity index (χ4n) is 5.93. The number of hydrogen-bond donors (Lipinski definition) is 2. The maximum absolute atomic E-state index is 12.1. The highest BCUT2D eigenvalue weighted by atomic mass is 16.7. The Morgan fingerprint density at radius 1 is 1.35 bits per heavy atom. The number of rotatable bonds is 0. The van der Waals surface area contributed by atoms with Gasteiger partial charge in [-0.2, -0.15) is 0 Å². The Bertz CT molecular complexity index is 506. The summed E-state index contributed by atoms with van der Waals surface area (Å²) in [6, 6.07) is 0. The van der Waals surface area contributed by atoms with Gasteiger partial charge in [-0.15, -0.1) is 0 Å². The molecular formula is C15H22O5. The topological polar surface area (TPSA) is 76.0 Å². The predicted molar refractivity (Wildman–Crippen MR) is 68.5 cm³/mol. The second kappa shape index (κ2) is 3.23. The highest BCUT2D eigenvalue weighted by molar-refractivity contribution is 5.72. The molecule has 4 aliphatic rings. The van der Waals surface area contributed by atoms with Gasteiger partial charge in [-0.1, -0.05) is 20.8 Å². The van der Waals surface area contributed by atoms with Crippen LogP contribution in [0.25, 0.3) is 0 Å². The van der Waals surface area contributed by atoms with Crippen molar-refractivity contribution in [3.63, 3.8) is 0 Å². The van der Waals surface area contributed by atoms with Crippen molar-refractivity contribution in [3.05, 3.63) is 0 Å². The average Bonchev–Trinajstić information content (AvgIpc) is 2.80. The van der Waals surface area contributed by atoms with Gasteiger partial charge in [0, 0.05) is 23.2 Å². The molecule has 0 amide bonds. The molecule has 7 atom stereocenters. The molecule has 1 saturated carbocycles. The van der Waals surface area contributed by atoms with E-state index in [0.29, 0.717) is 12.8 Å². The van der Waals surface area contributed by atoms with Crippen molar-refractivity contribution in [2.75, 3.05) is 6.61 Å². The van der Waals surface area contributed by atoms with Gasteiger partial charge in [0.05, 0.1) is 19.1 Å². The van der Waals surface area contributed by atoms with E-state index in [1.54, 1.807) is 0 Å². The molecule has 5 heteroatoms. The van der Waals surface area contributed by atoms with E-state index in [0.717, 1.165) is 0 Å². The first-order chi connectivity index (χ1) is 9.22. The molecule has 1 spiro atoms. The molecule has 0 aromatic rings. The van der Waals surface area contributed by atoms with Gasteiger partial charge >= 0.3 is 5.97 Å². The van der Waals surface area contributed by atoms with E-state index in [-0.39, 0.29) is 30.8 Å². The maximum Gasteiger partial charge on any atom is 0.306 e. The fourth-order valence-corrected chi connectivity index (χ4v) is 5.93. The quantitative estimate of drug-likeness (QED) is 0.643. The van der Waals surface area contributed by atoms with E-state index >= 15 is 0 Å². The van der Waals surface area contributed by atoms with E-state index in [1.807, 2.05) is 13.8 Å². The highest BCUT2D eigenvalue weighted by Gasteiger charge is 2.86. The molecule has 2 N–H and O–H groups in total. The van der Waals surface area contributed by atoms with Crippen molar-refractivity contribution in [2.24, 2.45) is 22.7 Å². The molecule has 3 heterocycles. The summed E-state index contributed by atoms with van der Waals surface area (Å²) in [6.07, 6.45) is 0.613. The van der Waals surface area contributed by atoms with Crippen LogP contribution >= 0.6 is 0 Å². The Balaban J connectivity index is 2.01. The van der Waals surface area contributed by atoms with Gasteiger partial charge in [0.15, 0.2) is 5.79 Å². The Morgan fingerprint density at radius 2 is 2.05 bits per heavy atom. The van der Waals surface area contributed by atoms with Crippen LogP contribution < -0.4 is 0 Å². The minimum Gasteiger partial charge on any atom is -0.465 e. The van der Waals surface area contributed by atoms with Crippen LogP contribution in [0.3, 0.4) is 0 Å². The third kappa shape index (κ3) is 0.993. The fraction of sp³-hybridized carbons (Fsp3) is 0.933. The zero-order valence-corrected chi connectivity index (χ0v) is 12.2. The van der Waals surface area contributed by atoms with E-state index in [2.05, 4.69) is 6.92 Å². The SMILES string of the molecule is C[C@@H]1C[C@H](O)C23O[C@@]4(O)C[C@]12CC(=O)OC[C@@]3(C)[C@H]4C. The zero-order chi connectivity index (χ0) is 14.6. The molecule has 3 aliphatic heterocycles. The number of esters is 1. The van der Waals surface area contributed by atoms with Gasteiger partial charge in [0.2, 0.25) is 0 Å². The van der Waals surface area contributed by atoms with E-state index < -0.39 is 28.3 Å². The lowest BCUT2D eigenvalue weighted by molar-refractivity contribution is -0.218. The summed E-state index contributed by atoms with van der Waals surface area (Å²) >= 11 is 0. The van der Waals surface area contributed by atoms with Gasteiger partial charge in [0.25, 0.3) is 0 Å². The third-order valence-electron chi connectivity index (χ3n) is 7.11. The van der Waals surface area contributed by atoms with Crippen LogP contribution in [0.5, 0.6) is 0 Å². The van der Waals surface area contributed by atoms with Crippen LogP contribution in [0, 0.1) is 22.7 Å². The average molecular weight is 282 g/mol. The van der Waals surface area contributed by atoms with Gasteiger partial charge in [0.1, 0.15) is 5.60 Å². The summed E-state index contributed by atoms with van der Waals surface area (Å²) in [5.41, 5.74) is -1.91. The summed E-state index contributed by atoms with van der Waals surface area (Å²) < 4.78 is 11.5. The van der Waals surface area contributed by atoms with Crippen molar-refractivity contribution < 1.29 is 24.5 Å². The number of cyclic esters (lactones) is 1. The molecule has 20 heavy (non-hydrogen) atoms. The molecule has 112 valence electrons. The smallest absolute Gasteiger partial charge is 0.306 e. The standard InChI is InChI=1S/C15H22O5/c1-8-4-10(16)15-12(3)7-19-11(17)5-13(8,15)6-14(18,20-15)9(12)2/h8-10,16,18H,4-7H2,1-3H3/t8-,9-,10+,12+,13-,14+,15?/m1/s1. The predicted octanol–water partition coefficient (Wildman–Crippen LogP) is 0.824. The van der Waals surface area contributed by atoms with Crippen molar-refractivity contribution in [2.45, 2.75) is 57.5 Å². The summed E-state index contributed by atoms with van der Waals surface area (Å²) in [4.78, 5) is 12.1. The van der Waals surface area contributed by atoms with Crippen LogP contribution in [0.4, 0.5) is 0 Å². The Hall–Kier alpha value is -0.650. The minimum atomic E-state index is -1.25. The minimum absolute atomic E-state index is 0.129. The monoisotopic (exact) mass is 282 g/mol. The first kappa shape index (κ1) is 13.0. The number of carbonyl (C=O) groups excluding carboxylic acids is 1. The van der Waals surface area contributed by atoms with Crippen LogP contribution in [-0.4, -0.2) is 40.3 Å². The van der Waals surface area contributed by atoms with E-state index in [1.165, 1.54) is 0 Å². The van der Waals surface area contributed by atoms with Gasteiger partial charge in [-0.25, -0.2) is 0 Å². The van der Waals surface area contributed by atoms with E-state index in [4.69, 9.17) is 9.47 Å². The molecule has 4 rings (SSSR count). The molecule has 1 aliphatic carbocycles. The number of ether oxygens (including phenoxy) is 2. The molecule has 0 aromatic carbocycles. The maximum atomic E-state index is 12.1. The number of hydrogen-bond acceptors (Lipinski definition) is 5. The number of fused-ring (bicyclic) bond motifs is 1. The van der Waals surface area contributed by atoms with Crippen LogP contribution in [0.1, 0.15) is 40.0 Å². The molecule has 5 nitrogen and oxygen atoms in total. The number of aliphatic hydroxyl groups is 2. The van der Waals surface area contributed by atoms with Crippen LogP contribution in [0.15, 0.2) is 0 Å². The van der Waals surface area contributed by atoms with Crippen LogP contribution in [0.2, 0.25) is 0 Å². The summed E-state index contributed by atoms with van der Waals surface area (Å²) in [5.74, 6) is -1.53. The molecule has 3 saturated heterocycles. The summed E-state index contributed by atoms with van der Waals surface area (Å²) in [7, 11) is 0. The summed E-state index contributed by atoms with van der Waals surface area (Å²) in [5, 5.41) is 21.7. The summed E-state index contributed by atoms with van der Waals surface area (Å²) in [6.45, 7) is 6.19. The zero-order valence-electron chi connectivity index (χ0n) is 12.2. The first-order valence-electron chi connectivity index (χ1n) is 7.48. The first-order valence-corrected chi connectivity index (χ1v) is 7.48. The van der Waals surface area contributed by atoms with Crippen LogP contribution in [-0.2, 0) is 14.3 Å². The lowest BCUT2D eigenvalue weighted by Crippen LogP contribution is -2.62. The second-order valence-corrected chi connectivity index (χ2v) is 7.64. The molecule has 0 aromatic heterocycles. The number of aliphatic hydroxyl groups excluding tert-OH is 1.